The highest BCUT2D eigenvalue weighted by atomic mass is 15.0. The van der Waals surface area contributed by atoms with E-state index in [0.29, 0.717) is 19.0 Å². The van der Waals surface area contributed by atoms with Gasteiger partial charge in [-0.05, 0) is 11.8 Å². The lowest BCUT2D eigenvalue weighted by Gasteiger charge is -2.19. The van der Waals surface area contributed by atoms with E-state index in [0.717, 1.165) is 0 Å². The van der Waals surface area contributed by atoms with Crippen LogP contribution in [0.15, 0.2) is 4.99 Å². The van der Waals surface area contributed by atoms with Crippen molar-refractivity contribution in [2.45, 2.75) is 13.8 Å². The first-order chi connectivity index (χ1) is 6.43. The van der Waals surface area contributed by atoms with Gasteiger partial charge in [-0.3, -0.25) is 10.4 Å². The van der Waals surface area contributed by atoms with Crippen molar-refractivity contribution in [2.24, 2.45) is 34.0 Å². The van der Waals surface area contributed by atoms with Crippen molar-refractivity contribution in [1.29, 1.82) is 5.41 Å². The van der Waals surface area contributed by atoms with E-state index in [2.05, 4.69) is 24.2 Å². The molecule has 8 N–H and O–H groups in total. The molecule has 0 aliphatic carbocycles. The fourth-order valence-electron chi connectivity index (χ4n) is 0.975. The van der Waals surface area contributed by atoms with Crippen LogP contribution in [0, 0.1) is 17.2 Å². The van der Waals surface area contributed by atoms with Crippen molar-refractivity contribution in [1.82, 2.24) is 5.32 Å². The standard InChI is InChI=1S/C8H20N6/c1-5(2)6(3-13-7(9)10)4-14-8(11)12/h5-6H,3-4H2,1-2H3,(H4,9,10,13)(H4,11,12,14). The normalized spacial score (nSPS) is 12.2. The third-order valence-electron chi connectivity index (χ3n) is 2.01. The molecule has 6 heteroatoms. The summed E-state index contributed by atoms with van der Waals surface area (Å²) < 4.78 is 0. The van der Waals surface area contributed by atoms with Gasteiger partial charge in [0.25, 0.3) is 0 Å². The topological polar surface area (TPSA) is 126 Å². The molecule has 0 spiro atoms. The van der Waals surface area contributed by atoms with Crippen LogP contribution in [0.3, 0.4) is 0 Å². The van der Waals surface area contributed by atoms with Crippen LogP contribution in [-0.2, 0) is 0 Å². The monoisotopic (exact) mass is 200 g/mol. The van der Waals surface area contributed by atoms with Gasteiger partial charge in [0, 0.05) is 13.1 Å². The van der Waals surface area contributed by atoms with Crippen molar-refractivity contribution >= 4 is 11.9 Å². The van der Waals surface area contributed by atoms with Gasteiger partial charge in [0.2, 0.25) is 0 Å². The summed E-state index contributed by atoms with van der Waals surface area (Å²) in [4.78, 5) is 3.95. The lowest BCUT2D eigenvalue weighted by molar-refractivity contribution is 0.391. The molecule has 0 amide bonds. The summed E-state index contributed by atoms with van der Waals surface area (Å²) in [6, 6.07) is 0. The van der Waals surface area contributed by atoms with Crippen LogP contribution in [0.5, 0.6) is 0 Å². The molecule has 0 aromatic rings. The van der Waals surface area contributed by atoms with Gasteiger partial charge in [-0.1, -0.05) is 13.8 Å². The number of aliphatic imine (C=N–C) groups is 1. The summed E-state index contributed by atoms with van der Waals surface area (Å²) in [6.07, 6.45) is 0. The smallest absolute Gasteiger partial charge is 0.185 e. The second-order valence-corrected chi connectivity index (χ2v) is 3.56. The van der Waals surface area contributed by atoms with Gasteiger partial charge in [-0.2, -0.15) is 0 Å². The van der Waals surface area contributed by atoms with Gasteiger partial charge in [0.1, 0.15) is 0 Å². The summed E-state index contributed by atoms with van der Waals surface area (Å²) in [7, 11) is 0. The second-order valence-electron chi connectivity index (χ2n) is 3.56. The Morgan fingerprint density at radius 3 is 2.29 bits per heavy atom. The van der Waals surface area contributed by atoms with Crippen molar-refractivity contribution in [3.05, 3.63) is 0 Å². The maximum absolute atomic E-state index is 7.03. The highest BCUT2D eigenvalue weighted by Gasteiger charge is 2.12. The van der Waals surface area contributed by atoms with E-state index >= 15 is 0 Å². The van der Waals surface area contributed by atoms with Crippen LogP contribution in [-0.4, -0.2) is 25.0 Å². The molecule has 0 heterocycles. The minimum Gasteiger partial charge on any atom is -0.370 e. The van der Waals surface area contributed by atoms with E-state index < -0.39 is 0 Å². The summed E-state index contributed by atoms with van der Waals surface area (Å²) in [6.45, 7) is 5.33. The minimum atomic E-state index is -0.0275. The minimum absolute atomic E-state index is 0.0275. The molecule has 0 aliphatic rings. The first kappa shape index (κ1) is 12.5. The Hall–Kier alpha value is -1.46. The Balaban J connectivity index is 4.03. The van der Waals surface area contributed by atoms with Gasteiger partial charge in [0.05, 0.1) is 0 Å². The maximum atomic E-state index is 7.03. The Labute approximate surface area is 84.4 Å². The van der Waals surface area contributed by atoms with Crippen LogP contribution in [0.2, 0.25) is 0 Å². The molecule has 0 aromatic carbocycles. The van der Waals surface area contributed by atoms with E-state index in [1.54, 1.807) is 0 Å². The third kappa shape index (κ3) is 6.10. The predicted octanol–water partition coefficient (Wildman–Crippen LogP) is -0.985. The lowest BCUT2D eigenvalue weighted by atomic mass is 9.96. The summed E-state index contributed by atoms with van der Waals surface area (Å²) in [5.41, 5.74) is 15.7. The molecule has 0 fully saturated rings. The quantitative estimate of drug-likeness (QED) is 0.288. The Kier molecular flexibility index (Phi) is 5.43. The van der Waals surface area contributed by atoms with E-state index in [9.17, 15) is 0 Å². The highest BCUT2D eigenvalue weighted by molar-refractivity contribution is 5.75. The van der Waals surface area contributed by atoms with Crippen LogP contribution < -0.4 is 22.5 Å². The van der Waals surface area contributed by atoms with Gasteiger partial charge < -0.3 is 22.5 Å². The number of nitrogens with zero attached hydrogens (tertiary/aromatic N) is 1. The summed E-state index contributed by atoms with van der Waals surface area (Å²) in [5, 5.41) is 9.79. The van der Waals surface area contributed by atoms with Crippen molar-refractivity contribution in [2.75, 3.05) is 13.1 Å². The van der Waals surface area contributed by atoms with E-state index in [1.807, 2.05) is 0 Å². The summed E-state index contributed by atoms with van der Waals surface area (Å²) in [5.74, 6) is 0.782. The number of nitrogens with one attached hydrogen (secondary N) is 2. The van der Waals surface area contributed by atoms with Crippen LogP contribution in [0.25, 0.3) is 0 Å². The highest BCUT2D eigenvalue weighted by Crippen LogP contribution is 2.09. The molecule has 0 radical (unpaired) electrons. The maximum Gasteiger partial charge on any atom is 0.185 e. The molecule has 1 atom stereocenters. The summed E-state index contributed by atoms with van der Waals surface area (Å²) >= 11 is 0. The van der Waals surface area contributed by atoms with Crippen molar-refractivity contribution < 1.29 is 0 Å². The van der Waals surface area contributed by atoms with Crippen molar-refractivity contribution in [3.63, 3.8) is 0 Å². The van der Waals surface area contributed by atoms with Crippen molar-refractivity contribution in [3.8, 4) is 0 Å². The van der Waals surface area contributed by atoms with E-state index in [-0.39, 0.29) is 17.8 Å². The van der Waals surface area contributed by atoms with Gasteiger partial charge in [0.15, 0.2) is 11.9 Å². The third-order valence-corrected chi connectivity index (χ3v) is 2.01. The molecule has 82 valence electrons. The van der Waals surface area contributed by atoms with Gasteiger partial charge in [-0.25, -0.2) is 0 Å². The number of guanidine groups is 2. The number of rotatable bonds is 5. The zero-order valence-electron chi connectivity index (χ0n) is 8.75. The molecule has 1 unspecified atom stereocenters. The molecule has 0 saturated heterocycles. The second kappa shape index (κ2) is 6.06. The molecule has 0 aliphatic heterocycles. The molecule has 6 nitrogen and oxygen atoms in total. The molecule has 0 aromatic heterocycles. The zero-order chi connectivity index (χ0) is 11.1. The average Bonchev–Trinajstić information content (AvgIpc) is 2.02. The first-order valence-electron chi connectivity index (χ1n) is 4.56. The van der Waals surface area contributed by atoms with Gasteiger partial charge >= 0.3 is 0 Å². The lowest BCUT2D eigenvalue weighted by Crippen LogP contribution is -2.37. The molecule has 0 bridgehead atoms. The van der Waals surface area contributed by atoms with Crippen LogP contribution >= 0.6 is 0 Å². The molecular formula is C8H20N6. The molecular weight excluding hydrogens is 180 g/mol. The van der Waals surface area contributed by atoms with E-state index in [1.165, 1.54) is 0 Å². The van der Waals surface area contributed by atoms with Crippen LogP contribution in [0.4, 0.5) is 0 Å². The van der Waals surface area contributed by atoms with E-state index in [4.69, 9.17) is 22.6 Å². The Morgan fingerprint density at radius 2 is 1.93 bits per heavy atom. The average molecular weight is 200 g/mol. The SMILES string of the molecule is CC(C)C(CN=C(N)N)CNC(=N)N. The fourth-order valence-corrected chi connectivity index (χ4v) is 0.975. The largest absolute Gasteiger partial charge is 0.370 e. The number of hydrogen-bond acceptors (Lipinski definition) is 2. The molecule has 0 saturated carbocycles. The first-order valence-corrected chi connectivity index (χ1v) is 4.56. The molecule has 0 rings (SSSR count). The molecule has 14 heavy (non-hydrogen) atoms. The Morgan fingerprint density at radius 1 is 1.36 bits per heavy atom. The fraction of sp³-hybridized carbons (Fsp3) is 0.750. The number of hydrogen-bond donors (Lipinski definition) is 5. The Bertz CT molecular complexity index is 206. The predicted molar refractivity (Wildman–Crippen MR) is 58.9 cm³/mol. The van der Waals surface area contributed by atoms with Gasteiger partial charge in [-0.15, -0.1) is 0 Å². The zero-order valence-corrected chi connectivity index (χ0v) is 8.75. The number of nitrogens with two attached hydrogens (primary N) is 3. The van der Waals surface area contributed by atoms with Crippen LogP contribution in [0.1, 0.15) is 13.8 Å².